The second kappa shape index (κ2) is 5.26. The predicted octanol–water partition coefficient (Wildman–Crippen LogP) is 2.08. The highest BCUT2D eigenvalue weighted by molar-refractivity contribution is 6.18. The molecule has 1 atom stereocenters. The number of hydrogen-bond acceptors (Lipinski definition) is 5. The molecule has 0 spiro atoms. The summed E-state index contributed by atoms with van der Waals surface area (Å²) in [5.74, 6) is -0.112. The van der Waals surface area contributed by atoms with Gasteiger partial charge in [0.2, 0.25) is 0 Å². The van der Waals surface area contributed by atoms with E-state index in [4.69, 9.17) is 11.6 Å². The maximum absolute atomic E-state index is 10.4. The van der Waals surface area contributed by atoms with Gasteiger partial charge in [-0.25, -0.2) is 0 Å². The van der Waals surface area contributed by atoms with Crippen molar-refractivity contribution in [2.45, 2.75) is 6.10 Å². The minimum atomic E-state index is -0.950. The van der Waals surface area contributed by atoms with Crippen molar-refractivity contribution in [3.63, 3.8) is 0 Å². The number of benzene rings is 1. The first-order chi connectivity index (χ1) is 7.54. The van der Waals surface area contributed by atoms with Crippen molar-refractivity contribution in [2.24, 2.45) is 0 Å². The molecule has 8 heteroatoms. The average Bonchev–Trinajstić information content (AvgIpc) is 2.25. The van der Waals surface area contributed by atoms with Crippen molar-refractivity contribution in [1.29, 1.82) is 0 Å². The lowest BCUT2D eigenvalue weighted by Crippen LogP contribution is -2.10. The van der Waals surface area contributed by atoms with E-state index in [1.165, 1.54) is 24.3 Å². The molecule has 1 aromatic rings. The highest BCUT2D eigenvalue weighted by Gasteiger charge is 2.15. The minimum Gasteiger partial charge on any atom is -0.305 e. The number of nitrogens with zero attached hydrogens (tertiary/aromatic N) is 2. The summed E-state index contributed by atoms with van der Waals surface area (Å²) in [4.78, 5) is 24.2. The third-order valence-corrected chi connectivity index (χ3v) is 2.11. The Labute approximate surface area is 94.8 Å². The molecule has 0 aliphatic carbocycles. The molecule has 0 aliphatic rings. The Balaban J connectivity index is 2.86. The second-order valence-electron chi connectivity index (χ2n) is 2.82. The lowest BCUT2D eigenvalue weighted by atomic mass is 10.1. The van der Waals surface area contributed by atoms with Gasteiger partial charge >= 0.3 is 0 Å². The van der Waals surface area contributed by atoms with Crippen LogP contribution in [-0.4, -0.2) is 15.9 Å². The van der Waals surface area contributed by atoms with Crippen LogP contribution in [0.3, 0.4) is 0 Å². The summed E-state index contributed by atoms with van der Waals surface area (Å²) >= 11 is 5.49. The molecule has 0 saturated heterocycles. The molecule has 0 fully saturated rings. The molecule has 1 unspecified atom stereocenters. The number of alkyl halides is 1. The molecule has 7 nitrogen and oxygen atoms in total. The van der Waals surface area contributed by atoms with E-state index in [1.807, 2.05) is 0 Å². The summed E-state index contributed by atoms with van der Waals surface area (Å²) in [6.45, 7) is 0. The normalized spacial score (nSPS) is 11.8. The van der Waals surface area contributed by atoms with Gasteiger partial charge in [0.05, 0.1) is 10.8 Å². The van der Waals surface area contributed by atoms with E-state index in [0.29, 0.717) is 5.56 Å². The van der Waals surface area contributed by atoms with Crippen LogP contribution in [0.1, 0.15) is 11.7 Å². The van der Waals surface area contributed by atoms with Gasteiger partial charge in [0.1, 0.15) is 6.10 Å². The molecule has 0 saturated carbocycles. The van der Waals surface area contributed by atoms with Gasteiger partial charge in [0.25, 0.3) is 10.8 Å². The Bertz CT molecular complexity index is 394. The Morgan fingerprint density at radius 2 is 1.81 bits per heavy atom. The van der Waals surface area contributed by atoms with Crippen LogP contribution in [0.5, 0.6) is 0 Å². The van der Waals surface area contributed by atoms with E-state index < -0.39 is 16.1 Å². The van der Waals surface area contributed by atoms with Crippen LogP contribution in [0.2, 0.25) is 0 Å². The maximum Gasteiger partial charge on any atom is 0.295 e. The number of rotatable bonds is 5. The lowest BCUT2D eigenvalue weighted by Gasteiger charge is -2.11. The molecule has 0 N–H and O–H groups in total. The first kappa shape index (κ1) is 12.2. The number of nitro benzene ring substituents is 1. The monoisotopic (exact) mass is 246 g/mol. The van der Waals surface area contributed by atoms with Crippen LogP contribution >= 0.6 is 11.6 Å². The first-order valence-electron chi connectivity index (χ1n) is 4.16. The fourth-order valence-electron chi connectivity index (χ4n) is 1.09. The topological polar surface area (TPSA) is 95.5 Å². The largest absolute Gasteiger partial charge is 0.305 e. The highest BCUT2D eigenvalue weighted by atomic mass is 35.5. The van der Waals surface area contributed by atoms with E-state index in [0.717, 1.165) is 0 Å². The van der Waals surface area contributed by atoms with E-state index >= 15 is 0 Å². The van der Waals surface area contributed by atoms with Gasteiger partial charge in [-0.2, -0.15) is 0 Å². The van der Waals surface area contributed by atoms with E-state index in [1.54, 1.807) is 0 Å². The van der Waals surface area contributed by atoms with Gasteiger partial charge in [-0.3, -0.25) is 10.1 Å². The van der Waals surface area contributed by atoms with Gasteiger partial charge in [0, 0.05) is 12.1 Å². The van der Waals surface area contributed by atoms with Crippen LogP contribution < -0.4 is 0 Å². The number of non-ortho nitro benzene ring substituents is 1. The fourth-order valence-corrected chi connectivity index (χ4v) is 1.33. The van der Waals surface area contributed by atoms with Crippen molar-refractivity contribution in [3.8, 4) is 0 Å². The summed E-state index contributed by atoms with van der Waals surface area (Å²) in [6.07, 6.45) is -0.919. The highest BCUT2D eigenvalue weighted by Crippen LogP contribution is 2.21. The van der Waals surface area contributed by atoms with Crippen molar-refractivity contribution in [2.75, 3.05) is 5.88 Å². The molecule has 0 amide bonds. The molecule has 0 aliphatic heterocycles. The third kappa shape index (κ3) is 3.06. The zero-order valence-corrected chi connectivity index (χ0v) is 8.66. The minimum absolute atomic E-state index is 0.0989. The van der Waals surface area contributed by atoms with Crippen molar-refractivity contribution in [3.05, 3.63) is 50.1 Å². The van der Waals surface area contributed by atoms with Gasteiger partial charge in [0.15, 0.2) is 0 Å². The van der Waals surface area contributed by atoms with E-state index in [-0.39, 0.29) is 11.6 Å². The molecule has 0 aromatic heterocycles. The number of nitro groups is 1. The molecule has 86 valence electrons. The molecule has 1 rings (SSSR count). The molecular formula is C8H7ClN2O5. The van der Waals surface area contributed by atoms with Crippen LogP contribution in [-0.2, 0) is 4.84 Å². The zero-order chi connectivity index (χ0) is 12.1. The van der Waals surface area contributed by atoms with Crippen molar-refractivity contribution in [1.82, 2.24) is 0 Å². The molecule has 1 aromatic carbocycles. The molecule has 0 radical (unpaired) electrons. The predicted molar refractivity (Wildman–Crippen MR) is 54.6 cm³/mol. The van der Waals surface area contributed by atoms with Crippen molar-refractivity contribution < 1.29 is 14.8 Å². The Morgan fingerprint density at radius 3 is 2.19 bits per heavy atom. The lowest BCUT2D eigenvalue weighted by molar-refractivity contribution is -0.769. The molecule has 0 bridgehead atoms. The van der Waals surface area contributed by atoms with Crippen LogP contribution in [0, 0.1) is 20.2 Å². The Hall–Kier alpha value is -1.89. The van der Waals surface area contributed by atoms with Crippen molar-refractivity contribution >= 4 is 17.3 Å². The van der Waals surface area contributed by atoms with Gasteiger partial charge in [-0.1, -0.05) is 0 Å². The maximum atomic E-state index is 10.4. The van der Waals surface area contributed by atoms with Crippen LogP contribution in [0.4, 0.5) is 5.69 Å². The van der Waals surface area contributed by atoms with E-state index in [9.17, 15) is 20.2 Å². The molecule has 0 heterocycles. The van der Waals surface area contributed by atoms with E-state index in [2.05, 4.69) is 4.84 Å². The summed E-state index contributed by atoms with van der Waals surface area (Å²) in [5, 5.41) is 19.6. The number of halogens is 1. The van der Waals surface area contributed by atoms with Crippen LogP contribution in [0.25, 0.3) is 0 Å². The second-order valence-corrected chi connectivity index (χ2v) is 3.13. The van der Waals surface area contributed by atoms with Gasteiger partial charge in [-0.15, -0.1) is 21.7 Å². The Kier molecular flexibility index (Phi) is 4.01. The quantitative estimate of drug-likeness (QED) is 0.450. The molecular weight excluding hydrogens is 240 g/mol. The van der Waals surface area contributed by atoms with Gasteiger partial charge < -0.3 is 4.84 Å². The summed E-state index contributed by atoms with van der Waals surface area (Å²) in [5.41, 5.74) is 0.315. The zero-order valence-electron chi connectivity index (χ0n) is 7.91. The summed E-state index contributed by atoms with van der Waals surface area (Å²) in [6, 6.07) is 5.21. The fraction of sp³-hybridized carbons (Fsp3) is 0.250. The SMILES string of the molecule is O=[N+]([O-])OC(CCl)c1ccc([N+](=O)[O-])cc1. The Morgan fingerprint density at radius 1 is 1.25 bits per heavy atom. The third-order valence-electron chi connectivity index (χ3n) is 1.83. The summed E-state index contributed by atoms with van der Waals surface area (Å²) in [7, 11) is 0. The molecule has 16 heavy (non-hydrogen) atoms. The number of hydrogen-bond donors (Lipinski definition) is 0. The average molecular weight is 247 g/mol. The summed E-state index contributed by atoms with van der Waals surface area (Å²) < 4.78 is 0. The standard InChI is InChI=1S/C8H7ClN2O5/c9-5-8(16-11(14)15)6-1-3-7(4-2-6)10(12)13/h1-4,8H,5H2. The smallest absolute Gasteiger partial charge is 0.295 e. The van der Waals surface area contributed by atoms with Crippen LogP contribution in [0.15, 0.2) is 24.3 Å². The van der Waals surface area contributed by atoms with Gasteiger partial charge in [-0.05, 0) is 17.7 Å². The first-order valence-corrected chi connectivity index (χ1v) is 4.69.